The molecule has 16 heavy (non-hydrogen) atoms. The fourth-order valence-corrected chi connectivity index (χ4v) is 1.99. The van der Waals surface area contributed by atoms with Crippen molar-refractivity contribution < 1.29 is 0 Å². The lowest BCUT2D eigenvalue weighted by atomic mass is 9.67. The second-order valence-electron chi connectivity index (χ2n) is 4.30. The SMILES string of the molecule is C=CCNC(=NC)NCC1(CC)CCC1.I. The second kappa shape index (κ2) is 7.92. The number of hydrogen-bond donors (Lipinski definition) is 2. The summed E-state index contributed by atoms with van der Waals surface area (Å²) in [6.45, 7) is 7.76. The molecular formula is C12H24IN3. The summed E-state index contributed by atoms with van der Waals surface area (Å²) in [6, 6.07) is 0. The van der Waals surface area contributed by atoms with E-state index in [1.54, 1.807) is 7.05 Å². The molecule has 1 rings (SSSR count). The molecule has 1 saturated carbocycles. The lowest BCUT2D eigenvalue weighted by Gasteiger charge is -2.41. The Morgan fingerprint density at radius 1 is 1.44 bits per heavy atom. The highest BCUT2D eigenvalue weighted by molar-refractivity contribution is 14.0. The maximum absolute atomic E-state index is 4.17. The zero-order valence-electron chi connectivity index (χ0n) is 10.4. The Bertz CT molecular complexity index is 229. The summed E-state index contributed by atoms with van der Waals surface area (Å²) in [6.07, 6.45) is 7.20. The van der Waals surface area contributed by atoms with E-state index in [4.69, 9.17) is 0 Å². The molecule has 0 radical (unpaired) electrons. The first kappa shape index (κ1) is 15.7. The summed E-state index contributed by atoms with van der Waals surface area (Å²) >= 11 is 0. The average Bonchev–Trinajstić information content (AvgIpc) is 2.21. The van der Waals surface area contributed by atoms with E-state index in [0.29, 0.717) is 5.41 Å². The molecule has 4 heteroatoms. The van der Waals surface area contributed by atoms with Gasteiger partial charge in [0.05, 0.1) is 0 Å². The van der Waals surface area contributed by atoms with Crippen molar-refractivity contribution in [2.24, 2.45) is 10.4 Å². The molecule has 0 aromatic heterocycles. The number of rotatable bonds is 5. The Hall–Kier alpha value is -0.260. The quantitative estimate of drug-likeness (QED) is 0.350. The highest BCUT2D eigenvalue weighted by Crippen LogP contribution is 2.42. The summed E-state index contributed by atoms with van der Waals surface area (Å²) in [5.74, 6) is 0.884. The van der Waals surface area contributed by atoms with E-state index in [9.17, 15) is 0 Å². The van der Waals surface area contributed by atoms with Crippen LogP contribution in [0, 0.1) is 5.41 Å². The van der Waals surface area contributed by atoms with Gasteiger partial charge in [-0.1, -0.05) is 19.4 Å². The lowest BCUT2D eigenvalue weighted by Crippen LogP contribution is -2.46. The largest absolute Gasteiger partial charge is 0.356 e. The predicted molar refractivity (Wildman–Crippen MR) is 81.6 cm³/mol. The van der Waals surface area contributed by atoms with Gasteiger partial charge in [-0.05, 0) is 24.7 Å². The van der Waals surface area contributed by atoms with Crippen LogP contribution in [0.25, 0.3) is 0 Å². The minimum atomic E-state index is 0. The van der Waals surface area contributed by atoms with E-state index in [1.807, 2.05) is 6.08 Å². The number of nitrogens with one attached hydrogen (secondary N) is 2. The molecule has 0 spiro atoms. The van der Waals surface area contributed by atoms with Crippen LogP contribution in [0.15, 0.2) is 17.6 Å². The Labute approximate surface area is 116 Å². The molecule has 2 N–H and O–H groups in total. The molecule has 0 aromatic rings. The lowest BCUT2D eigenvalue weighted by molar-refractivity contribution is 0.131. The van der Waals surface area contributed by atoms with Crippen molar-refractivity contribution in [1.82, 2.24) is 10.6 Å². The molecule has 1 aliphatic carbocycles. The summed E-state index contributed by atoms with van der Waals surface area (Å²) in [4.78, 5) is 4.17. The van der Waals surface area contributed by atoms with Crippen molar-refractivity contribution in [2.75, 3.05) is 20.1 Å². The third-order valence-corrected chi connectivity index (χ3v) is 3.43. The highest BCUT2D eigenvalue weighted by atomic mass is 127. The van der Waals surface area contributed by atoms with Crippen molar-refractivity contribution in [3.8, 4) is 0 Å². The Kier molecular flexibility index (Phi) is 7.80. The van der Waals surface area contributed by atoms with Crippen LogP contribution in [-0.2, 0) is 0 Å². The fraction of sp³-hybridized carbons (Fsp3) is 0.750. The third kappa shape index (κ3) is 4.31. The van der Waals surface area contributed by atoms with Gasteiger partial charge >= 0.3 is 0 Å². The van der Waals surface area contributed by atoms with Gasteiger partial charge in [0.2, 0.25) is 0 Å². The summed E-state index contributed by atoms with van der Waals surface area (Å²) < 4.78 is 0. The first-order valence-corrected chi connectivity index (χ1v) is 5.82. The zero-order chi connectivity index (χ0) is 11.1. The van der Waals surface area contributed by atoms with Crippen LogP contribution in [0.4, 0.5) is 0 Å². The van der Waals surface area contributed by atoms with Crippen LogP contribution in [0.2, 0.25) is 0 Å². The van der Waals surface area contributed by atoms with Crippen LogP contribution >= 0.6 is 24.0 Å². The molecular weight excluding hydrogens is 313 g/mol. The van der Waals surface area contributed by atoms with Crippen molar-refractivity contribution in [3.63, 3.8) is 0 Å². The summed E-state index contributed by atoms with van der Waals surface area (Å²) in [7, 11) is 1.80. The fourth-order valence-electron chi connectivity index (χ4n) is 1.99. The predicted octanol–water partition coefficient (Wildman–Crippen LogP) is 2.54. The average molecular weight is 337 g/mol. The maximum atomic E-state index is 4.17. The smallest absolute Gasteiger partial charge is 0.191 e. The van der Waals surface area contributed by atoms with Gasteiger partial charge < -0.3 is 10.6 Å². The minimum Gasteiger partial charge on any atom is -0.356 e. The molecule has 0 unspecified atom stereocenters. The standard InChI is InChI=1S/C12H23N3.HI/c1-4-9-14-11(13-3)15-10-12(5-2)7-6-8-12;/h4H,1,5-10H2,2-3H3,(H2,13,14,15);1H. The second-order valence-corrected chi connectivity index (χ2v) is 4.30. The van der Waals surface area contributed by atoms with E-state index in [-0.39, 0.29) is 24.0 Å². The first-order valence-electron chi connectivity index (χ1n) is 5.82. The molecule has 94 valence electrons. The Morgan fingerprint density at radius 2 is 2.12 bits per heavy atom. The topological polar surface area (TPSA) is 36.4 Å². The molecule has 3 nitrogen and oxygen atoms in total. The van der Waals surface area contributed by atoms with Crippen molar-refractivity contribution in [2.45, 2.75) is 32.6 Å². The molecule has 0 heterocycles. The van der Waals surface area contributed by atoms with Crippen LogP contribution in [0.1, 0.15) is 32.6 Å². The van der Waals surface area contributed by atoms with Gasteiger partial charge in [0.15, 0.2) is 5.96 Å². The van der Waals surface area contributed by atoms with E-state index >= 15 is 0 Å². The Balaban J connectivity index is 0.00000225. The molecule has 0 aromatic carbocycles. The number of aliphatic imine (C=N–C) groups is 1. The van der Waals surface area contributed by atoms with Gasteiger partial charge in [-0.3, -0.25) is 4.99 Å². The van der Waals surface area contributed by atoms with Crippen LogP contribution in [-0.4, -0.2) is 26.1 Å². The monoisotopic (exact) mass is 337 g/mol. The number of guanidine groups is 1. The normalized spacial score (nSPS) is 18.0. The number of nitrogens with zero attached hydrogens (tertiary/aromatic N) is 1. The van der Waals surface area contributed by atoms with E-state index < -0.39 is 0 Å². The zero-order valence-corrected chi connectivity index (χ0v) is 12.7. The van der Waals surface area contributed by atoms with Gasteiger partial charge in [0, 0.05) is 20.1 Å². The van der Waals surface area contributed by atoms with Gasteiger partial charge in [-0.2, -0.15) is 0 Å². The van der Waals surface area contributed by atoms with Gasteiger partial charge in [-0.25, -0.2) is 0 Å². The minimum absolute atomic E-state index is 0. The highest BCUT2D eigenvalue weighted by Gasteiger charge is 2.34. The van der Waals surface area contributed by atoms with Crippen LogP contribution in [0.3, 0.4) is 0 Å². The van der Waals surface area contributed by atoms with E-state index in [0.717, 1.165) is 19.0 Å². The molecule has 0 atom stereocenters. The van der Waals surface area contributed by atoms with Gasteiger partial charge in [-0.15, -0.1) is 30.6 Å². The van der Waals surface area contributed by atoms with Crippen LogP contribution in [0.5, 0.6) is 0 Å². The van der Waals surface area contributed by atoms with Gasteiger partial charge in [0.1, 0.15) is 0 Å². The Morgan fingerprint density at radius 3 is 2.50 bits per heavy atom. The third-order valence-electron chi connectivity index (χ3n) is 3.43. The van der Waals surface area contributed by atoms with E-state index in [1.165, 1.54) is 25.7 Å². The van der Waals surface area contributed by atoms with E-state index in [2.05, 4.69) is 29.1 Å². The maximum Gasteiger partial charge on any atom is 0.191 e. The first-order chi connectivity index (χ1) is 7.26. The summed E-state index contributed by atoms with van der Waals surface area (Å²) in [5.41, 5.74) is 0.534. The van der Waals surface area contributed by atoms with Crippen molar-refractivity contribution in [1.29, 1.82) is 0 Å². The molecule has 0 bridgehead atoms. The number of hydrogen-bond acceptors (Lipinski definition) is 1. The van der Waals surface area contributed by atoms with Crippen molar-refractivity contribution in [3.05, 3.63) is 12.7 Å². The summed E-state index contributed by atoms with van der Waals surface area (Å²) in [5, 5.41) is 6.57. The molecule has 0 aliphatic heterocycles. The van der Waals surface area contributed by atoms with Crippen LogP contribution < -0.4 is 10.6 Å². The van der Waals surface area contributed by atoms with Gasteiger partial charge in [0.25, 0.3) is 0 Å². The van der Waals surface area contributed by atoms with Crippen molar-refractivity contribution >= 4 is 29.9 Å². The molecule has 1 fully saturated rings. The molecule has 0 saturated heterocycles. The number of halogens is 1. The molecule has 1 aliphatic rings. The molecule has 0 amide bonds.